The van der Waals surface area contributed by atoms with Gasteiger partial charge in [-0.1, -0.05) is 18.0 Å². The van der Waals surface area contributed by atoms with Crippen LogP contribution in [0.15, 0.2) is 53.4 Å². The van der Waals surface area contributed by atoms with Crippen molar-refractivity contribution in [3.63, 3.8) is 0 Å². The molecule has 6 nitrogen and oxygen atoms in total. The summed E-state index contributed by atoms with van der Waals surface area (Å²) >= 11 is 5.82. The number of carbonyl (C=O) groups excluding carboxylic acids is 1. The van der Waals surface area contributed by atoms with Crippen LogP contribution >= 0.6 is 11.6 Å². The molecule has 0 saturated carbocycles. The molecular weight excluding hydrogens is 386 g/mol. The summed E-state index contributed by atoms with van der Waals surface area (Å²) in [5.74, 6) is -0.225. The lowest BCUT2D eigenvalue weighted by atomic mass is 10.2. The van der Waals surface area contributed by atoms with Crippen LogP contribution < -0.4 is 10.6 Å². The molecule has 144 valence electrons. The van der Waals surface area contributed by atoms with Gasteiger partial charge in [-0.3, -0.25) is 4.79 Å². The van der Waals surface area contributed by atoms with Gasteiger partial charge in [0.15, 0.2) is 0 Å². The third kappa shape index (κ3) is 5.22. The first-order valence-electron chi connectivity index (χ1n) is 8.85. The number of nitrogens with zero attached hydrogens (tertiary/aromatic N) is 1. The molecule has 2 aromatic rings. The highest BCUT2D eigenvalue weighted by molar-refractivity contribution is 7.89. The van der Waals surface area contributed by atoms with Crippen molar-refractivity contribution in [3.05, 3.63) is 53.6 Å². The average Bonchev–Trinajstić information content (AvgIpc) is 2.69. The maximum absolute atomic E-state index is 12.6. The van der Waals surface area contributed by atoms with Crippen LogP contribution in [0.4, 0.5) is 11.4 Å². The normalized spacial score (nSPS) is 15.3. The molecule has 1 aliphatic rings. The van der Waals surface area contributed by atoms with E-state index in [9.17, 15) is 13.2 Å². The number of piperidine rings is 1. The number of sulfonamides is 1. The lowest BCUT2D eigenvalue weighted by Gasteiger charge is -2.25. The van der Waals surface area contributed by atoms with Gasteiger partial charge in [0, 0.05) is 29.5 Å². The van der Waals surface area contributed by atoms with Crippen LogP contribution in [0.2, 0.25) is 5.02 Å². The molecule has 1 amide bonds. The summed E-state index contributed by atoms with van der Waals surface area (Å²) < 4.78 is 26.8. The predicted molar refractivity (Wildman–Crippen MR) is 108 cm³/mol. The van der Waals surface area contributed by atoms with Crippen molar-refractivity contribution < 1.29 is 13.2 Å². The number of hydrogen-bond acceptors (Lipinski definition) is 4. The minimum atomic E-state index is -3.46. The number of benzene rings is 2. The van der Waals surface area contributed by atoms with E-state index in [0.717, 1.165) is 24.9 Å². The lowest BCUT2D eigenvalue weighted by molar-refractivity contribution is -0.114. The fourth-order valence-corrected chi connectivity index (χ4v) is 4.56. The molecule has 27 heavy (non-hydrogen) atoms. The molecule has 2 aromatic carbocycles. The maximum Gasteiger partial charge on any atom is 0.243 e. The van der Waals surface area contributed by atoms with Gasteiger partial charge in [-0.25, -0.2) is 8.42 Å². The Hall–Kier alpha value is -2.09. The second-order valence-corrected chi connectivity index (χ2v) is 8.77. The van der Waals surface area contributed by atoms with E-state index in [2.05, 4.69) is 10.6 Å². The van der Waals surface area contributed by atoms with E-state index in [-0.39, 0.29) is 17.3 Å². The first-order valence-corrected chi connectivity index (χ1v) is 10.7. The Morgan fingerprint density at radius 1 is 0.926 bits per heavy atom. The van der Waals surface area contributed by atoms with E-state index in [4.69, 9.17) is 11.6 Å². The van der Waals surface area contributed by atoms with Crippen molar-refractivity contribution in [1.82, 2.24) is 4.31 Å². The zero-order chi connectivity index (χ0) is 19.3. The molecule has 1 heterocycles. The summed E-state index contributed by atoms with van der Waals surface area (Å²) in [5, 5.41) is 6.37. The average molecular weight is 408 g/mol. The van der Waals surface area contributed by atoms with E-state index in [0.29, 0.717) is 23.8 Å². The van der Waals surface area contributed by atoms with Crippen molar-refractivity contribution in [3.8, 4) is 0 Å². The smallest absolute Gasteiger partial charge is 0.243 e. The number of halogens is 1. The summed E-state index contributed by atoms with van der Waals surface area (Å²) in [4.78, 5) is 12.3. The molecule has 1 aliphatic heterocycles. The minimum absolute atomic E-state index is 0.0927. The van der Waals surface area contributed by atoms with Gasteiger partial charge in [-0.2, -0.15) is 4.31 Å². The van der Waals surface area contributed by atoms with Gasteiger partial charge in [0.25, 0.3) is 0 Å². The van der Waals surface area contributed by atoms with Gasteiger partial charge < -0.3 is 10.6 Å². The summed E-state index contributed by atoms with van der Waals surface area (Å²) in [7, 11) is -3.46. The Labute approximate surface area is 164 Å². The Kier molecular flexibility index (Phi) is 6.36. The van der Waals surface area contributed by atoms with Gasteiger partial charge in [0.1, 0.15) is 0 Å². The molecule has 1 saturated heterocycles. The van der Waals surface area contributed by atoms with Crippen LogP contribution in [0.3, 0.4) is 0 Å². The van der Waals surface area contributed by atoms with Crippen LogP contribution in [0, 0.1) is 0 Å². The SMILES string of the molecule is O=C(CNc1ccc(Cl)cc1)Nc1ccc(S(=O)(=O)N2CCCCC2)cc1. The largest absolute Gasteiger partial charge is 0.376 e. The van der Waals surface area contributed by atoms with Crippen LogP contribution in [0.5, 0.6) is 0 Å². The van der Waals surface area contributed by atoms with Gasteiger partial charge in [-0.15, -0.1) is 0 Å². The van der Waals surface area contributed by atoms with E-state index < -0.39 is 10.0 Å². The van der Waals surface area contributed by atoms with Crippen LogP contribution in [0.25, 0.3) is 0 Å². The van der Waals surface area contributed by atoms with Gasteiger partial charge in [0.05, 0.1) is 11.4 Å². The Morgan fingerprint density at radius 3 is 2.15 bits per heavy atom. The quantitative estimate of drug-likeness (QED) is 0.767. The molecular formula is C19H22ClN3O3S. The number of hydrogen-bond donors (Lipinski definition) is 2. The first kappa shape index (κ1) is 19.7. The number of amides is 1. The molecule has 3 rings (SSSR count). The Morgan fingerprint density at radius 2 is 1.52 bits per heavy atom. The highest BCUT2D eigenvalue weighted by Gasteiger charge is 2.25. The predicted octanol–water partition coefficient (Wildman–Crippen LogP) is 3.57. The topological polar surface area (TPSA) is 78.5 Å². The van der Waals surface area contributed by atoms with Crippen molar-refractivity contribution in [1.29, 1.82) is 0 Å². The number of rotatable bonds is 6. The van der Waals surface area contributed by atoms with Crippen molar-refractivity contribution in [2.75, 3.05) is 30.3 Å². The van der Waals surface area contributed by atoms with Crippen molar-refractivity contribution in [2.24, 2.45) is 0 Å². The highest BCUT2D eigenvalue weighted by Crippen LogP contribution is 2.22. The molecule has 2 N–H and O–H groups in total. The van der Waals surface area contributed by atoms with Gasteiger partial charge in [-0.05, 0) is 61.4 Å². The number of nitrogens with one attached hydrogen (secondary N) is 2. The van der Waals surface area contributed by atoms with Crippen LogP contribution in [-0.2, 0) is 14.8 Å². The van der Waals surface area contributed by atoms with Crippen molar-refractivity contribution in [2.45, 2.75) is 24.2 Å². The van der Waals surface area contributed by atoms with Crippen LogP contribution in [0.1, 0.15) is 19.3 Å². The molecule has 1 fully saturated rings. The standard InChI is InChI=1S/C19H22ClN3O3S/c20-15-4-6-16(7-5-15)21-14-19(24)22-17-8-10-18(11-9-17)27(25,26)23-12-2-1-3-13-23/h4-11,21H,1-3,12-14H2,(H,22,24). The maximum atomic E-state index is 12.6. The fraction of sp³-hybridized carbons (Fsp3) is 0.316. The number of anilines is 2. The molecule has 0 aliphatic carbocycles. The highest BCUT2D eigenvalue weighted by atomic mass is 35.5. The fourth-order valence-electron chi connectivity index (χ4n) is 2.92. The molecule has 0 bridgehead atoms. The number of carbonyl (C=O) groups is 1. The van der Waals surface area contributed by atoms with Crippen LogP contribution in [-0.4, -0.2) is 38.3 Å². The third-order valence-electron chi connectivity index (χ3n) is 4.39. The molecule has 0 radical (unpaired) electrons. The molecule has 8 heteroatoms. The van der Waals surface area contributed by atoms with E-state index in [1.54, 1.807) is 36.4 Å². The monoisotopic (exact) mass is 407 g/mol. The molecule has 0 atom stereocenters. The van der Waals surface area contributed by atoms with E-state index >= 15 is 0 Å². The minimum Gasteiger partial charge on any atom is -0.376 e. The van der Waals surface area contributed by atoms with E-state index in [1.165, 1.54) is 16.4 Å². The second kappa shape index (κ2) is 8.73. The zero-order valence-electron chi connectivity index (χ0n) is 14.8. The third-order valence-corrected chi connectivity index (χ3v) is 6.55. The lowest BCUT2D eigenvalue weighted by Crippen LogP contribution is -2.35. The summed E-state index contributed by atoms with van der Waals surface area (Å²) in [6, 6.07) is 13.3. The van der Waals surface area contributed by atoms with Crippen molar-refractivity contribution >= 4 is 38.9 Å². The Balaban J connectivity index is 1.56. The summed E-state index contributed by atoms with van der Waals surface area (Å²) in [6.45, 7) is 1.23. The Bertz CT molecular complexity index is 877. The zero-order valence-corrected chi connectivity index (χ0v) is 16.4. The van der Waals surface area contributed by atoms with Gasteiger partial charge in [0.2, 0.25) is 15.9 Å². The molecule has 0 aromatic heterocycles. The first-order chi connectivity index (χ1) is 12.9. The summed E-state index contributed by atoms with van der Waals surface area (Å²) in [6.07, 6.45) is 2.86. The molecule has 0 unspecified atom stereocenters. The van der Waals surface area contributed by atoms with Gasteiger partial charge >= 0.3 is 0 Å². The summed E-state index contributed by atoms with van der Waals surface area (Å²) in [5.41, 5.74) is 1.34. The molecule has 0 spiro atoms. The van der Waals surface area contributed by atoms with E-state index in [1.807, 2.05) is 0 Å². The second-order valence-electron chi connectivity index (χ2n) is 6.40.